The smallest absolute Gasteiger partial charge is 0.199 e. The normalized spacial score (nSPS) is 12.2. The Hall–Kier alpha value is -4.68. The maximum atomic E-state index is 10.3. The number of benzene rings is 2. The molecule has 0 aliphatic heterocycles. The summed E-state index contributed by atoms with van der Waals surface area (Å²) in [7, 11) is 0. The molecule has 5 aromatic rings. The number of pyridine rings is 1. The first kappa shape index (κ1) is 25.9. The third-order valence-corrected chi connectivity index (χ3v) is 6.30. The number of nitrogens with one attached hydrogen (secondary N) is 1. The van der Waals surface area contributed by atoms with E-state index in [1.807, 2.05) is 41.8 Å². The molecule has 39 heavy (non-hydrogen) atoms. The average Bonchev–Trinajstić information content (AvgIpc) is 3.55. The Labute approximate surface area is 223 Å². The molecule has 0 unspecified atom stereocenters. The summed E-state index contributed by atoms with van der Waals surface area (Å²) in [6.07, 6.45) is 1.52. The molecule has 6 N–H and O–H groups in total. The van der Waals surface area contributed by atoms with Gasteiger partial charge in [0.05, 0.1) is 24.6 Å². The zero-order valence-electron chi connectivity index (χ0n) is 21.3. The molecule has 0 radical (unpaired) electrons. The van der Waals surface area contributed by atoms with E-state index >= 15 is 0 Å². The Morgan fingerprint density at radius 2 is 1.90 bits per heavy atom. The van der Waals surface area contributed by atoms with Gasteiger partial charge in [-0.15, -0.1) is 0 Å². The zero-order valence-corrected chi connectivity index (χ0v) is 21.3. The highest BCUT2D eigenvalue weighted by molar-refractivity contribution is 5.95. The van der Waals surface area contributed by atoms with Crippen LogP contribution in [0.15, 0.2) is 59.4 Å². The van der Waals surface area contributed by atoms with Crippen molar-refractivity contribution < 1.29 is 24.7 Å². The number of aliphatic hydroxyl groups excluding tert-OH is 1. The Morgan fingerprint density at radius 1 is 1.08 bits per heavy atom. The molecule has 0 spiro atoms. The highest BCUT2D eigenvalue weighted by atomic mass is 16.6. The summed E-state index contributed by atoms with van der Waals surface area (Å²) in [5.41, 5.74) is 9.88. The van der Waals surface area contributed by atoms with Crippen LogP contribution in [-0.2, 0) is 6.54 Å². The van der Waals surface area contributed by atoms with Gasteiger partial charge in [0.1, 0.15) is 11.0 Å². The van der Waals surface area contributed by atoms with E-state index in [0.717, 1.165) is 11.1 Å². The second-order valence-corrected chi connectivity index (χ2v) is 8.88. The molecule has 0 fully saturated rings. The van der Waals surface area contributed by atoms with Crippen LogP contribution in [0.2, 0.25) is 0 Å². The third-order valence-electron chi connectivity index (χ3n) is 6.30. The van der Waals surface area contributed by atoms with Crippen molar-refractivity contribution in [2.24, 2.45) is 0 Å². The number of fused-ring (bicyclic) bond motifs is 1. The van der Waals surface area contributed by atoms with Crippen LogP contribution in [0.3, 0.4) is 0 Å². The second-order valence-electron chi connectivity index (χ2n) is 8.88. The number of anilines is 1. The van der Waals surface area contributed by atoms with Crippen molar-refractivity contribution in [1.82, 2.24) is 30.2 Å². The largest absolute Gasteiger partial charge is 0.504 e. The molecule has 0 saturated carbocycles. The summed E-state index contributed by atoms with van der Waals surface area (Å²) in [5.74, 6) is 0.730. The van der Waals surface area contributed by atoms with E-state index in [9.17, 15) is 15.3 Å². The summed E-state index contributed by atoms with van der Waals surface area (Å²) in [6, 6.07) is 14.0. The van der Waals surface area contributed by atoms with Gasteiger partial charge < -0.3 is 35.7 Å². The molecule has 2 aromatic carbocycles. The van der Waals surface area contributed by atoms with Crippen LogP contribution < -0.4 is 15.8 Å². The first-order valence-corrected chi connectivity index (χ1v) is 12.5. The topological polar surface area (TPSA) is 178 Å². The van der Waals surface area contributed by atoms with Crippen molar-refractivity contribution in [1.29, 1.82) is 0 Å². The van der Waals surface area contributed by atoms with Gasteiger partial charge in [0.15, 0.2) is 34.6 Å². The third kappa shape index (κ3) is 5.33. The highest BCUT2D eigenvalue weighted by Crippen LogP contribution is 2.36. The lowest BCUT2D eigenvalue weighted by Crippen LogP contribution is -2.23. The van der Waals surface area contributed by atoms with Crippen LogP contribution in [0.25, 0.3) is 33.8 Å². The number of rotatable bonds is 11. The lowest BCUT2D eigenvalue weighted by molar-refractivity contribution is 0.173. The van der Waals surface area contributed by atoms with Gasteiger partial charge in [0.25, 0.3) is 0 Å². The van der Waals surface area contributed by atoms with Gasteiger partial charge in [-0.05, 0) is 47.9 Å². The molecule has 0 amide bonds. The Balaban J connectivity index is 1.32. The number of hydrogen-bond donors (Lipinski definition) is 5. The predicted octanol–water partition coefficient (Wildman–Crippen LogP) is 3.25. The number of aryl methyl sites for hydroxylation is 1. The zero-order chi connectivity index (χ0) is 27.4. The average molecular weight is 532 g/mol. The fraction of sp³-hybridized carbons (Fsp3) is 0.259. The number of imidazole rings is 1. The minimum Gasteiger partial charge on any atom is -0.504 e. The lowest BCUT2D eigenvalue weighted by atomic mass is 10.1. The number of nitrogen functional groups attached to an aromatic ring is 1. The van der Waals surface area contributed by atoms with E-state index in [2.05, 4.69) is 20.6 Å². The number of aromatic hydroxyl groups is 2. The maximum absolute atomic E-state index is 10.3. The van der Waals surface area contributed by atoms with Crippen LogP contribution in [0.1, 0.15) is 25.0 Å². The fourth-order valence-corrected chi connectivity index (χ4v) is 4.35. The number of nitrogens with zero attached hydrogens (tertiary/aromatic N) is 5. The van der Waals surface area contributed by atoms with Crippen molar-refractivity contribution in [3.8, 4) is 40.0 Å². The number of phenols is 2. The first-order valence-electron chi connectivity index (χ1n) is 12.5. The molecule has 1 atom stereocenters. The Morgan fingerprint density at radius 3 is 2.62 bits per heavy atom. The van der Waals surface area contributed by atoms with Gasteiger partial charge in [-0.2, -0.15) is 0 Å². The monoisotopic (exact) mass is 531 g/mol. The molecule has 0 saturated heterocycles. The second kappa shape index (κ2) is 11.4. The summed E-state index contributed by atoms with van der Waals surface area (Å²) in [5, 5.41) is 40.2. The quantitative estimate of drug-likeness (QED) is 0.125. The standard InChI is InChI=1S/C27H29N7O5/c1-2-34-25-21(38-12-6-11-29-14-20(37)17-9-10-18(35)19(36)13-17)15-30-22(16-7-4-3-5-8-16)23(25)31-27(34)24-26(28)33-39-32-24/h3-5,7-10,13,15,20,29,35-37H,2,6,11-12,14H2,1H3,(H2,28,33)/t20-/m0/s1. The van der Waals surface area contributed by atoms with Gasteiger partial charge in [-0.3, -0.25) is 0 Å². The fourth-order valence-electron chi connectivity index (χ4n) is 4.35. The van der Waals surface area contributed by atoms with E-state index in [-0.39, 0.29) is 23.9 Å². The number of aromatic nitrogens is 5. The Bertz CT molecular complexity index is 1570. The maximum Gasteiger partial charge on any atom is 0.199 e. The molecule has 12 nitrogen and oxygen atoms in total. The number of hydrogen-bond acceptors (Lipinski definition) is 11. The van der Waals surface area contributed by atoms with Gasteiger partial charge >= 0.3 is 0 Å². The molecule has 5 rings (SSSR count). The van der Waals surface area contributed by atoms with Crippen LogP contribution in [0, 0.1) is 0 Å². The minimum absolute atomic E-state index is 0.146. The van der Waals surface area contributed by atoms with E-state index in [1.54, 1.807) is 12.3 Å². The number of phenolic OH excluding ortho intramolecular Hbond substituents is 2. The van der Waals surface area contributed by atoms with Crippen LogP contribution in [0.5, 0.6) is 17.2 Å². The van der Waals surface area contributed by atoms with Crippen molar-refractivity contribution in [2.45, 2.75) is 26.0 Å². The van der Waals surface area contributed by atoms with Gasteiger partial charge in [-0.1, -0.05) is 36.4 Å². The van der Waals surface area contributed by atoms with Crippen molar-refractivity contribution in [3.63, 3.8) is 0 Å². The van der Waals surface area contributed by atoms with Gasteiger partial charge in [-0.25, -0.2) is 14.6 Å². The number of nitrogens with two attached hydrogens (primary N) is 1. The molecule has 3 aromatic heterocycles. The summed E-state index contributed by atoms with van der Waals surface area (Å²) in [4.78, 5) is 9.52. The van der Waals surface area contributed by atoms with E-state index in [0.29, 0.717) is 60.2 Å². The molecule has 0 bridgehead atoms. The molecule has 0 aliphatic carbocycles. The molecule has 3 heterocycles. The van der Waals surface area contributed by atoms with Crippen LogP contribution >= 0.6 is 0 Å². The number of aliphatic hydroxyl groups is 1. The predicted molar refractivity (Wildman–Crippen MR) is 144 cm³/mol. The molecular formula is C27H29N7O5. The van der Waals surface area contributed by atoms with Crippen LogP contribution in [-0.4, -0.2) is 59.9 Å². The van der Waals surface area contributed by atoms with E-state index < -0.39 is 6.10 Å². The number of ether oxygens (including phenoxy) is 1. The van der Waals surface area contributed by atoms with E-state index in [4.69, 9.17) is 20.1 Å². The Kier molecular flexibility index (Phi) is 7.57. The molecule has 0 aliphatic rings. The SMILES string of the molecule is CCn1c(-c2nonc2N)nc2c(-c3ccccc3)ncc(OCCCNC[C@H](O)c3ccc(O)c(O)c3)c21. The first-order chi connectivity index (χ1) is 19.0. The molecule has 12 heteroatoms. The summed E-state index contributed by atoms with van der Waals surface area (Å²) in [6.45, 7) is 3.81. The summed E-state index contributed by atoms with van der Waals surface area (Å²) >= 11 is 0. The summed E-state index contributed by atoms with van der Waals surface area (Å²) < 4.78 is 12.9. The molecular weight excluding hydrogens is 502 g/mol. The molecule has 202 valence electrons. The minimum atomic E-state index is -0.831. The lowest BCUT2D eigenvalue weighted by Gasteiger charge is -2.14. The van der Waals surface area contributed by atoms with Crippen LogP contribution in [0.4, 0.5) is 5.82 Å². The van der Waals surface area contributed by atoms with Gasteiger partial charge in [0.2, 0.25) is 0 Å². The van der Waals surface area contributed by atoms with Gasteiger partial charge in [0, 0.05) is 18.7 Å². The highest BCUT2D eigenvalue weighted by Gasteiger charge is 2.24. The van der Waals surface area contributed by atoms with Crippen molar-refractivity contribution >= 4 is 16.9 Å². The van der Waals surface area contributed by atoms with E-state index in [1.165, 1.54) is 12.1 Å². The van der Waals surface area contributed by atoms with Crippen molar-refractivity contribution in [2.75, 3.05) is 25.4 Å². The van der Waals surface area contributed by atoms with Crippen molar-refractivity contribution in [3.05, 3.63) is 60.3 Å².